The Kier molecular flexibility index (Phi) is 6.76. The van der Waals surface area contributed by atoms with Crippen LogP contribution in [0.5, 0.6) is 11.8 Å². The van der Waals surface area contributed by atoms with E-state index in [0.29, 0.717) is 49.1 Å². The number of carbonyl (C=O) groups is 1. The number of benzene rings is 2. The summed E-state index contributed by atoms with van der Waals surface area (Å²) in [6.45, 7) is 9.64. The van der Waals surface area contributed by atoms with Crippen molar-refractivity contribution in [3.63, 3.8) is 0 Å². The third-order valence-corrected chi connectivity index (χ3v) is 8.04. The Labute approximate surface area is 242 Å². The van der Waals surface area contributed by atoms with Crippen molar-refractivity contribution in [1.82, 2.24) is 19.5 Å². The number of rotatable bonds is 4. The molecule has 4 heterocycles. The van der Waals surface area contributed by atoms with Crippen molar-refractivity contribution in [3.05, 3.63) is 64.6 Å². The molecule has 2 aliphatic heterocycles. The second-order valence-electron chi connectivity index (χ2n) is 11.7. The molecule has 4 aromatic rings. The van der Waals surface area contributed by atoms with E-state index in [1.807, 2.05) is 55.7 Å². The van der Waals surface area contributed by atoms with E-state index < -0.39 is 11.4 Å². The zero-order chi connectivity index (χ0) is 29.1. The summed E-state index contributed by atoms with van der Waals surface area (Å²) in [7, 11) is 1.54. The molecule has 0 saturated carbocycles. The van der Waals surface area contributed by atoms with Crippen LogP contribution in [-0.4, -0.2) is 45.2 Å². The van der Waals surface area contributed by atoms with Crippen molar-refractivity contribution in [2.75, 3.05) is 23.5 Å². The van der Waals surface area contributed by atoms with Crippen LogP contribution in [0.4, 0.5) is 15.9 Å². The number of ether oxygens (including phenoxy) is 2. The molecule has 0 spiro atoms. The molecule has 11 heteroatoms. The summed E-state index contributed by atoms with van der Waals surface area (Å²) in [4.78, 5) is 30.4. The minimum Gasteiger partial charge on any atom is -0.467 e. The predicted molar refractivity (Wildman–Crippen MR) is 155 cm³/mol. The Balaban J connectivity index is 1.40. The highest BCUT2D eigenvalue weighted by Gasteiger charge is 2.33. The predicted octanol–water partition coefficient (Wildman–Crippen LogP) is 5.55. The van der Waals surface area contributed by atoms with Crippen molar-refractivity contribution < 1.29 is 18.7 Å². The first-order valence-corrected chi connectivity index (χ1v) is 14.0. The normalized spacial score (nSPS) is 16.9. The van der Waals surface area contributed by atoms with Gasteiger partial charge in [0.25, 0.3) is 0 Å². The van der Waals surface area contributed by atoms with Crippen molar-refractivity contribution in [3.8, 4) is 11.8 Å². The monoisotopic (exact) mass is 578 g/mol. The molecule has 1 atom stereocenters. The summed E-state index contributed by atoms with van der Waals surface area (Å²) < 4.78 is 27.6. The van der Waals surface area contributed by atoms with Crippen LogP contribution in [0.3, 0.4) is 0 Å². The van der Waals surface area contributed by atoms with Crippen molar-refractivity contribution in [1.29, 1.82) is 0 Å². The Morgan fingerprint density at radius 3 is 2.73 bits per heavy atom. The lowest BCUT2D eigenvalue weighted by molar-refractivity contribution is -0.142. The second kappa shape index (κ2) is 10.2. The van der Waals surface area contributed by atoms with Gasteiger partial charge in [-0.1, -0.05) is 23.7 Å². The van der Waals surface area contributed by atoms with Gasteiger partial charge in [0.15, 0.2) is 0 Å². The third kappa shape index (κ3) is 4.94. The molecule has 2 aliphatic rings. The highest BCUT2D eigenvalue weighted by atomic mass is 35.5. The van der Waals surface area contributed by atoms with E-state index in [1.165, 1.54) is 0 Å². The van der Waals surface area contributed by atoms with E-state index in [0.717, 1.165) is 33.5 Å². The molecule has 214 valence electrons. The van der Waals surface area contributed by atoms with Crippen molar-refractivity contribution in [2.45, 2.75) is 59.8 Å². The van der Waals surface area contributed by atoms with E-state index in [1.54, 1.807) is 13.4 Å². The summed E-state index contributed by atoms with van der Waals surface area (Å²) in [6, 6.07) is 9.74. The molecule has 9 nitrogen and oxygen atoms in total. The van der Waals surface area contributed by atoms with Gasteiger partial charge >= 0.3 is 12.0 Å². The van der Waals surface area contributed by atoms with E-state index >= 15 is 0 Å². The van der Waals surface area contributed by atoms with Crippen LogP contribution >= 0.6 is 11.6 Å². The number of hydrogen-bond donors (Lipinski definition) is 0. The molecular formula is C30H32ClFN6O3. The number of aromatic nitrogens is 4. The zero-order valence-electron chi connectivity index (χ0n) is 23.7. The Morgan fingerprint density at radius 1 is 1.17 bits per heavy atom. The van der Waals surface area contributed by atoms with Gasteiger partial charge in [-0.05, 0) is 51.6 Å². The highest BCUT2D eigenvalue weighted by molar-refractivity contribution is 6.36. The number of hydrogen-bond acceptors (Lipinski definition) is 8. The number of fused-ring (bicyclic) bond motifs is 3. The third-order valence-electron chi connectivity index (χ3n) is 7.73. The average Bonchev–Trinajstić information content (AvgIpc) is 3.29. The van der Waals surface area contributed by atoms with E-state index in [9.17, 15) is 9.18 Å². The van der Waals surface area contributed by atoms with Gasteiger partial charge < -0.3 is 23.8 Å². The number of halogens is 2. The Hall–Kier alpha value is -3.92. The van der Waals surface area contributed by atoms with Crippen molar-refractivity contribution in [2.24, 2.45) is 5.41 Å². The average molecular weight is 579 g/mol. The van der Waals surface area contributed by atoms with Gasteiger partial charge in [-0.2, -0.15) is 14.4 Å². The second-order valence-corrected chi connectivity index (χ2v) is 12.1. The number of anilines is 2. The lowest BCUT2D eigenvalue weighted by Crippen LogP contribution is -2.43. The molecule has 2 aromatic heterocycles. The number of esters is 1. The first kappa shape index (κ1) is 27.3. The van der Waals surface area contributed by atoms with Crippen LogP contribution in [0.15, 0.2) is 36.7 Å². The first-order valence-electron chi connectivity index (χ1n) is 13.6. The van der Waals surface area contributed by atoms with Gasteiger partial charge in [-0.15, -0.1) is 0 Å². The minimum atomic E-state index is -0.649. The van der Waals surface area contributed by atoms with Crippen LogP contribution in [0, 0.1) is 11.4 Å². The SMILES string of the molecule is COc1nc2c(c(N3Cc4c(F)ncn4CC3C)n1)CCN(c1cc(OC(=O)C(C)(C)C)cc3cccc(Cl)c13)C2. The molecular weight excluding hydrogens is 547 g/mol. The van der Waals surface area contributed by atoms with Crippen LogP contribution in [0.25, 0.3) is 10.8 Å². The summed E-state index contributed by atoms with van der Waals surface area (Å²) in [6.07, 6.45) is 2.20. The lowest BCUT2D eigenvalue weighted by Gasteiger charge is -2.38. The summed E-state index contributed by atoms with van der Waals surface area (Å²) in [5.74, 6) is 0.437. The van der Waals surface area contributed by atoms with Gasteiger partial charge in [0, 0.05) is 36.1 Å². The largest absolute Gasteiger partial charge is 0.467 e. The highest BCUT2D eigenvalue weighted by Crippen LogP contribution is 2.40. The molecule has 0 fully saturated rings. The van der Waals surface area contributed by atoms with Gasteiger partial charge in [0.1, 0.15) is 11.6 Å². The fraction of sp³-hybridized carbons (Fsp3) is 0.400. The van der Waals surface area contributed by atoms with Crippen molar-refractivity contribution >= 4 is 39.8 Å². The minimum absolute atomic E-state index is 0.0646. The smallest absolute Gasteiger partial charge is 0.318 e. The number of imidazole rings is 1. The molecule has 0 saturated heterocycles. The van der Waals surface area contributed by atoms with Crippen LogP contribution < -0.4 is 19.3 Å². The van der Waals surface area contributed by atoms with Gasteiger partial charge in [0.05, 0.1) is 54.0 Å². The maximum absolute atomic E-state index is 14.4. The maximum Gasteiger partial charge on any atom is 0.318 e. The quantitative estimate of drug-likeness (QED) is 0.230. The topological polar surface area (TPSA) is 85.6 Å². The molecule has 0 N–H and O–H groups in total. The fourth-order valence-corrected chi connectivity index (χ4v) is 5.78. The zero-order valence-corrected chi connectivity index (χ0v) is 24.5. The molecule has 0 bridgehead atoms. The van der Waals surface area contributed by atoms with Crippen LogP contribution in [0.2, 0.25) is 5.02 Å². The molecule has 0 radical (unpaired) electrons. The first-order chi connectivity index (χ1) is 19.5. The Bertz CT molecular complexity index is 1670. The van der Waals surface area contributed by atoms with E-state index in [4.69, 9.17) is 31.0 Å². The fourth-order valence-electron chi connectivity index (χ4n) is 5.51. The van der Waals surface area contributed by atoms with Gasteiger partial charge in [0.2, 0.25) is 5.95 Å². The molecule has 0 amide bonds. The maximum atomic E-state index is 14.4. The summed E-state index contributed by atoms with van der Waals surface area (Å²) >= 11 is 6.72. The number of carbonyl (C=O) groups excluding carboxylic acids is 1. The summed E-state index contributed by atoms with van der Waals surface area (Å²) in [5, 5.41) is 2.36. The van der Waals surface area contributed by atoms with E-state index in [-0.39, 0.29) is 18.0 Å². The van der Waals surface area contributed by atoms with Crippen LogP contribution in [0.1, 0.15) is 44.6 Å². The molecule has 0 aliphatic carbocycles. The molecule has 6 rings (SSSR count). The number of nitrogens with zero attached hydrogens (tertiary/aromatic N) is 6. The van der Waals surface area contributed by atoms with Crippen LogP contribution in [-0.2, 0) is 30.8 Å². The Morgan fingerprint density at radius 2 is 1.98 bits per heavy atom. The molecule has 41 heavy (non-hydrogen) atoms. The number of methoxy groups -OCH3 is 1. The van der Waals surface area contributed by atoms with Gasteiger partial charge in [-0.3, -0.25) is 4.79 Å². The molecule has 2 aromatic carbocycles. The molecule has 1 unspecified atom stereocenters. The standard InChI is InChI=1S/C30H32ClFN6O3/c1-17-13-37-16-33-26(32)24(37)15-38(17)27-20-9-10-36(14-22(20)34-29(35-27)40-5)23-12-19(41-28(39)30(2,3)4)11-18-7-6-8-21(31)25(18)23/h6-8,11-12,16-17H,9-10,13-15H2,1-5H3. The van der Waals surface area contributed by atoms with Gasteiger partial charge in [-0.25, -0.2) is 4.98 Å². The van der Waals surface area contributed by atoms with E-state index in [2.05, 4.69) is 21.7 Å². The lowest BCUT2D eigenvalue weighted by atomic mass is 9.97. The summed E-state index contributed by atoms with van der Waals surface area (Å²) in [5.41, 5.74) is 2.57.